The monoisotopic (exact) mass is 397 g/mol. The third-order valence-electron chi connectivity index (χ3n) is 5.20. The summed E-state index contributed by atoms with van der Waals surface area (Å²) in [5.41, 5.74) is 2.91. The van der Waals surface area contributed by atoms with Gasteiger partial charge in [0.05, 0.1) is 0 Å². The molecule has 1 fully saturated rings. The first-order valence-electron chi connectivity index (χ1n) is 9.62. The molecule has 3 aromatic rings. The molecule has 0 aliphatic carbocycles. The van der Waals surface area contributed by atoms with E-state index in [2.05, 4.69) is 15.2 Å². The number of nitrogens with zero attached hydrogens (tertiary/aromatic N) is 1. The lowest BCUT2D eigenvalue weighted by Gasteiger charge is -2.33. The van der Waals surface area contributed by atoms with Gasteiger partial charge in [-0.15, -0.1) is 0 Å². The van der Waals surface area contributed by atoms with E-state index in [0.29, 0.717) is 13.0 Å². The fourth-order valence-corrected chi connectivity index (χ4v) is 4.71. The Morgan fingerprint density at radius 1 is 1.18 bits per heavy atom. The normalized spacial score (nSPS) is 16.2. The molecule has 4 nitrogen and oxygen atoms in total. The van der Waals surface area contributed by atoms with Gasteiger partial charge in [-0.05, 0) is 35.7 Å². The molecular formula is C22H24FN3OS. The molecular weight excluding hydrogens is 373 g/mol. The SMILES string of the molecule is O=C(NCCc1c[nH]c2cc(F)ccc12)C(c1ccccc1)N1CCSCC1. The molecule has 0 saturated carbocycles. The first-order valence-corrected chi connectivity index (χ1v) is 10.8. The van der Waals surface area contributed by atoms with Gasteiger partial charge < -0.3 is 10.3 Å². The molecule has 2 N–H and O–H groups in total. The molecule has 1 amide bonds. The van der Waals surface area contributed by atoms with Crippen LogP contribution in [0.5, 0.6) is 0 Å². The van der Waals surface area contributed by atoms with Gasteiger partial charge in [0.15, 0.2) is 0 Å². The number of fused-ring (bicyclic) bond motifs is 1. The summed E-state index contributed by atoms with van der Waals surface area (Å²) in [7, 11) is 0. The molecule has 6 heteroatoms. The molecule has 1 aliphatic heterocycles. The molecule has 146 valence electrons. The summed E-state index contributed by atoms with van der Waals surface area (Å²) in [5, 5.41) is 4.12. The molecule has 0 bridgehead atoms. The maximum Gasteiger partial charge on any atom is 0.241 e. The van der Waals surface area contributed by atoms with E-state index in [4.69, 9.17) is 0 Å². The van der Waals surface area contributed by atoms with Crippen molar-refractivity contribution >= 4 is 28.6 Å². The summed E-state index contributed by atoms with van der Waals surface area (Å²) in [6.07, 6.45) is 2.60. The number of carbonyl (C=O) groups excluding carboxylic acids is 1. The molecule has 1 aliphatic rings. The van der Waals surface area contributed by atoms with Gasteiger partial charge in [-0.2, -0.15) is 11.8 Å². The first kappa shape index (κ1) is 19.0. The first-order chi connectivity index (χ1) is 13.7. The average molecular weight is 398 g/mol. The Morgan fingerprint density at radius 2 is 1.96 bits per heavy atom. The maximum atomic E-state index is 13.3. The Hall–Kier alpha value is -2.31. The fourth-order valence-electron chi connectivity index (χ4n) is 3.78. The van der Waals surface area contributed by atoms with Crippen LogP contribution in [0.4, 0.5) is 4.39 Å². The van der Waals surface area contributed by atoms with Crippen molar-refractivity contribution in [2.45, 2.75) is 12.5 Å². The lowest BCUT2D eigenvalue weighted by atomic mass is 10.0. The average Bonchev–Trinajstić information content (AvgIpc) is 3.12. The number of amides is 1. The molecule has 1 atom stereocenters. The highest BCUT2D eigenvalue weighted by atomic mass is 32.2. The molecule has 1 aromatic heterocycles. The number of hydrogen-bond acceptors (Lipinski definition) is 3. The second kappa shape index (κ2) is 8.80. The maximum absolute atomic E-state index is 13.3. The zero-order valence-electron chi connectivity index (χ0n) is 15.7. The number of nitrogens with one attached hydrogen (secondary N) is 2. The van der Waals surface area contributed by atoms with E-state index >= 15 is 0 Å². The zero-order valence-corrected chi connectivity index (χ0v) is 16.5. The van der Waals surface area contributed by atoms with Crippen LogP contribution in [0.1, 0.15) is 17.2 Å². The van der Waals surface area contributed by atoms with Crippen LogP contribution in [0.2, 0.25) is 0 Å². The summed E-state index contributed by atoms with van der Waals surface area (Å²) in [6, 6.07) is 14.5. The lowest BCUT2D eigenvalue weighted by Crippen LogP contribution is -2.44. The van der Waals surface area contributed by atoms with Crippen molar-refractivity contribution in [3.05, 3.63) is 71.7 Å². The Labute approximate surface area is 168 Å². The quantitative estimate of drug-likeness (QED) is 0.666. The van der Waals surface area contributed by atoms with Crippen molar-refractivity contribution in [2.75, 3.05) is 31.1 Å². The largest absolute Gasteiger partial charge is 0.361 e. The summed E-state index contributed by atoms with van der Waals surface area (Å²) in [4.78, 5) is 18.4. The van der Waals surface area contributed by atoms with Crippen molar-refractivity contribution in [1.29, 1.82) is 0 Å². The van der Waals surface area contributed by atoms with Gasteiger partial charge in [-0.1, -0.05) is 30.3 Å². The van der Waals surface area contributed by atoms with Crippen molar-refractivity contribution in [2.24, 2.45) is 0 Å². The predicted molar refractivity (Wildman–Crippen MR) is 113 cm³/mol. The number of rotatable bonds is 6. The zero-order chi connectivity index (χ0) is 19.3. The van der Waals surface area contributed by atoms with Gasteiger partial charge >= 0.3 is 0 Å². The van der Waals surface area contributed by atoms with Crippen LogP contribution in [0.15, 0.2) is 54.7 Å². The van der Waals surface area contributed by atoms with E-state index in [9.17, 15) is 9.18 Å². The Bertz CT molecular complexity index is 937. The van der Waals surface area contributed by atoms with Gasteiger partial charge in [0.1, 0.15) is 11.9 Å². The highest BCUT2D eigenvalue weighted by Gasteiger charge is 2.28. The molecule has 28 heavy (non-hydrogen) atoms. The number of aromatic amines is 1. The smallest absolute Gasteiger partial charge is 0.241 e. The highest BCUT2D eigenvalue weighted by Crippen LogP contribution is 2.25. The minimum atomic E-state index is -0.251. The van der Waals surface area contributed by atoms with Gasteiger partial charge in [0.25, 0.3) is 0 Å². The molecule has 4 rings (SSSR count). The molecule has 1 saturated heterocycles. The molecule has 2 heterocycles. The number of benzene rings is 2. The number of hydrogen-bond donors (Lipinski definition) is 2. The van der Waals surface area contributed by atoms with Gasteiger partial charge in [0.2, 0.25) is 5.91 Å². The van der Waals surface area contributed by atoms with Gasteiger partial charge in [0, 0.05) is 48.2 Å². The number of carbonyl (C=O) groups is 1. The van der Waals surface area contributed by atoms with Crippen LogP contribution in [-0.4, -0.2) is 46.9 Å². The van der Waals surface area contributed by atoms with E-state index in [0.717, 1.165) is 46.6 Å². The van der Waals surface area contributed by atoms with E-state index in [1.165, 1.54) is 12.1 Å². The summed E-state index contributed by atoms with van der Waals surface area (Å²) >= 11 is 1.94. The van der Waals surface area contributed by atoms with Crippen LogP contribution in [0.25, 0.3) is 10.9 Å². The van der Waals surface area contributed by atoms with E-state index in [1.807, 2.05) is 48.3 Å². The summed E-state index contributed by atoms with van der Waals surface area (Å²) in [5.74, 6) is 1.91. The van der Waals surface area contributed by atoms with E-state index < -0.39 is 0 Å². The van der Waals surface area contributed by atoms with E-state index in [-0.39, 0.29) is 17.8 Å². The van der Waals surface area contributed by atoms with E-state index in [1.54, 1.807) is 6.07 Å². The lowest BCUT2D eigenvalue weighted by molar-refractivity contribution is -0.126. The molecule has 1 unspecified atom stereocenters. The second-order valence-corrected chi connectivity index (χ2v) is 8.23. The number of thioether (sulfide) groups is 1. The highest BCUT2D eigenvalue weighted by molar-refractivity contribution is 7.99. The standard InChI is InChI=1S/C22H24FN3OS/c23-18-6-7-19-17(15-25-20(19)14-18)8-9-24-22(27)21(16-4-2-1-3-5-16)26-10-12-28-13-11-26/h1-7,14-15,21,25H,8-13H2,(H,24,27). The fraction of sp³-hybridized carbons (Fsp3) is 0.318. The third-order valence-corrected chi connectivity index (χ3v) is 6.14. The third kappa shape index (κ3) is 4.23. The Balaban J connectivity index is 1.43. The number of aromatic nitrogens is 1. The van der Waals surface area contributed by atoms with Crippen molar-refractivity contribution in [3.8, 4) is 0 Å². The summed E-state index contributed by atoms with van der Waals surface area (Å²) < 4.78 is 13.3. The minimum Gasteiger partial charge on any atom is -0.361 e. The molecule has 2 aromatic carbocycles. The predicted octanol–water partition coefficient (Wildman–Crippen LogP) is 3.76. The minimum absolute atomic E-state index is 0.0454. The van der Waals surface area contributed by atoms with Crippen LogP contribution in [0.3, 0.4) is 0 Å². The van der Waals surface area contributed by atoms with Crippen LogP contribution in [0, 0.1) is 5.82 Å². The van der Waals surface area contributed by atoms with Crippen LogP contribution >= 0.6 is 11.8 Å². The van der Waals surface area contributed by atoms with Crippen LogP contribution < -0.4 is 5.32 Å². The van der Waals surface area contributed by atoms with Crippen molar-refractivity contribution in [1.82, 2.24) is 15.2 Å². The van der Waals surface area contributed by atoms with Crippen molar-refractivity contribution < 1.29 is 9.18 Å². The van der Waals surface area contributed by atoms with Crippen LogP contribution in [-0.2, 0) is 11.2 Å². The summed E-state index contributed by atoms with van der Waals surface area (Å²) in [6.45, 7) is 2.40. The number of halogens is 1. The molecule has 0 spiro atoms. The Morgan fingerprint density at radius 3 is 2.75 bits per heavy atom. The van der Waals surface area contributed by atoms with Crippen molar-refractivity contribution in [3.63, 3.8) is 0 Å². The van der Waals surface area contributed by atoms with Gasteiger partial charge in [-0.25, -0.2) is 4.39 Å². The number of H-pyrrole nitrogens is 1. The van der Waals surface area contributed by atoms with Gasteiger partial charge in [-0.3, -0.25) is 9.69 Å². The molecule has 0 radical (unpaired) electrons. The topological polar surface area (TPSA) is 48.1 Å². The Kier molecular flexibility index (Phi) is 5.98. The second-order valence-electron chi connectivity index (χ2n) is 7.01.